The molecule has 0 heterocycles. The molecule has 1 atom stereocenters. The van der Waals surface area contributed by atoms with Crippen LogP contribution in [0.2, 0.25) is 10.0 Å². The molecule has 0 aliphatic heterocycles. The molecule has 102 valence electrons. The van der Waals surface area contributed by atoms with Gasteiger partial charge in [0, 0.05) is 28.1 Å². The molecule has 0 aromatic heterocycles. The fraction of sp³-hybridized carbons (Fsp3) is 0.500. The topological polar surface area (TPSA) is 12.0 Å². The molecule has 0 saturated heterocycles. The Bertz CT molecular complexity index is 373. The molecule has 0 fully saturated rings. The number of alkyl halides is 3. The lowest BCUT2D eigenvalue weighted by Gasteiger charge is -2.21. The monoisotopic (exact) mass is 299 g/mol. The number of halogens is 5. The van der Waals surface area contributed by atoms with Crippen molar-refractivity contribution in [1.29, 1.82) is 0 Å². The highest BCUT2D eigenvalue weighted by atomic mass is 35.5. The van der Waals surface area contributed by atoms with Crippen molar-refractivity contribution in [3.8, 4) is 0 Å². The second-order valence-electron chi connectivity index (χ2n) is 3.90. The van der Waals surface area contributed by atoms with E-state index in [9.17, 15) is 13.2 Å². The molecule has 18 heavy (non-hydrogen) atoms. The summed E-state index contributed by atoms with van der Waals surface area (Å²) < 4.78 is 36.8. The van der Waals surface area contributed by atoms with Crippen molar-refractivity contribution in [2.45, 2.75) is 32.0 Å². The zero-order valence-electron chi connectivity index (χ0n) is 9.82. The predicted molar refractivity (Wildman–Crippen MR) is 68.2 cm³/mol. The molecule has 1 nitrogen and oxygen atoms in total. The lowest BCUT2D eigenvalue weighted by Crippen LogP contribution is -2.23. The van der Waals surface area contributed by atoms with E-state index in [2.05, 4.69) is 5.32 Å². The maximum absolute atomic E-state index is 12.3. The minimum atomic E-state index is -4.18. The Morgan fingerprint density at radius 1 is 1.22 bits per heavy atom. The molecule has 0 amide bonds. The van der Waals surface area contributed by atoms with Crippen LogP contribution in [0.3, 0.4) is 0 Å². The van der Waals surface area contributed by atoms with Crippen LogP contribution in [0.25, 0.3) is 0 Å². The van der Waals surface area contributed by atoms with E-state index < -0.39 is 18.6 Å². The van der Waals surface area contributed by atoms with Gasteiger partial charge in [-0.25, -0.2) is 0 Å². The van der Waals surface area contributed by atoms with Gasteiger partial charge in [0.15, 0.2) is 0 Å². The van der Waals surface area contributed by atoms with Gasteiger partial charge in [-0.15, -0.1) is 0 Å². The van der Waals surface area contributed by atoms with E-state index in [1.807, 2.05) is 6.92 Å². The van der Waals surface area contributed by atoms with Gasteiger partial charge in [-0.05, 0) is 25.1 Å². The molecular formula is C12H14Cl2F3N. The lowest BCUT2D eigenvalue weighted by molar-refractivity contribution is -0.136. The van der Waals surface area contributed by atoms with E-state index in [1.165, 1.54) is 0 Å². The predicted octanol–water partition coefficient (Wildman–Crippen LogP) is 4.99. The zero-order valence-corrected chi connectivity index (χ0v) is 11.3. The Balaban J connectivity index is 2.90. The highest BCUT2D eigenvalue weighted by Gasteiger charge is 2.29. The van der Waals surface area contributed by atoms with Gasteiger partial charge in [-0.1, -0.05) is 36.2 Å². The van der Waals surface area contributed by atoms with Crippen molar-refractivity contribution in [1.82, 2.24) is 5.32 Å². The largest absolute Gasteiger partial charge is 0.389 e. The van der Waals surface area contributed by atoms with Crippen LogP contribution in [0, 0.1) is 0 Å². The van der Waals surface area contributed by atoms with Gasteiger partial charge in [0.2, 0.25) is 0 Å². The van der Waals surface area contributed by atoms with Crippen LogP contribution >= 0.6 is 23.2 Å². The van der Waals surface area contributed by atoms with E-state index in [1.54, 1.807) is 18.2 Å². The van der Waals surface area contributed by atoms with Crippen molar-refractivity contribution < 1.29 is 13.2 Å². The van der Waals surface area contributed by atoms with Gasteiger partial charge in [0.05, 0.1) is 0 Å². The van der Waals surface area contributed by atoms with Crippen molar-refractivity contribution >= 4 is 23.2 Å². The Labute approximate surface area is 114 Å². The molecule has 0 radical (unpaired) electrons. The number of nitrogens with one attached hydrogen (secondary N) is 1. The summed E-state index contributed by atoms with van der Waals surface area (Å²) in [5.41, 5.74) is 0.534. The fourth-order valence-electron chi connectivity index (χ4n) is 1.75. The molecule has 1 aromatic carbocycles. The molecule has 6 heteroatoms. The van der Waals surface area contributed by atoms with Crippen LogP contribution in [0.1, 0.15) is 31.4 Å². The van der Waals surface area contributed by atoms with Gasteiger partial charge < -0.3 is 5.32 Å². The van der Waals surface area contributed by atoms with E-state index in [4.69, 9.17) is 23.2 Å². The van der Waals surface area contributed by atoms with Crippen molar-refractivity contribution in [3.63, 3.8) is 0 Å². The summed E-state index contributed by atoms with van der Waals surface area (Å²) in [6.45, 7) is 2.37. The first-order valence-electron chi connectivity index (χ1n) is 5.59. The van der Waals surface area contributed by atoms with Gasteiger partial charge in [0.25, 0.3) is 0 Å². The summed E-state index contributed by atoms with van der Waals surface area (Å²) in [6, 6.07) is 4.43. The smallest absolute Gasteiger partial charge is 0.310 e. The first-order valence-corrected chi connectivity index (χ1v) is 6.34. The summed E-state index contributed by atoms with van der Waals surface area (Å²) >= 11 is 12.0. The summed E-state index contributed by atoms with van der Waals surface area (Å²) in [5, 5.41) is 3.75. The van der Waals surface area contributed by atoms with Crippen LogP contribution in [-0.2, 0) is 0 Å². The standard InChI is InChI=1S/C12H14Cl2F3N/c1-2-18-10(6-7-12(15,16)17)11-8(13)4-3-5-9(11)14/h3-5,10,18H,2,6-7H2,1H3. The van der Waals surface area contributed by atoms with E-state index in [-0.39, 0.29) is 6.42 Å². The molecule has 0 saturated carbocycles. The second kappa shape index (κ2) is 6.64. The quantitative estimate of drug-likeness (QED) is 0.808. The molecule has 1 N–H and O–H groups in total. The van der Waals surface area contributed by atoms with Crippen LogP contribution in [0.4, 0.5) is 13.2 Å². The Kier molecular flexibility index (Phi) is 5.76. The van der Waals surface area contributed by atoms with Crippen molar-refractivity contribution in [3.05, 3.63) is 33.8 Å². The average Bonchev–Trinajstić information content (AvgIpc) is 2.24. The molecule has 1 aromatic rings. The average molecular weight is 300 g/mol. The molecule has 0 aliphatic rings. The number of benzene rings is 1. The minimum absolute atomic E-state index is 0.0825. The summed E-state index contributed by atoms with van der Waals surface area (Å²) in [5.74, 6) is 0. The molecule has 1 unspecified atom stereocenters. The van der Waals surface area contributed by atoms with Gasteiger partial charge in [-0.2, -0.15) is 13.2 Å². The van der Waals surface area contributed by atoms with E-state index >= 15 is 0 Å². The fourth-order valence-corrected chi connectivity index (χ4v) is 2.41. The first-order chi connectivity index (χ1) is 8.35. The maximum atomic E-state index is 12.3. The van der Waals surface area contributed by atoms with E-state index in [0.29, 0.717) is 22.2 Å². The molecular weight excluding hydrogens is 286 g/mol. The van der Waals surface area contributed by atoms with Crippen LogP contribution in [-0.4, -0.2) is 12.7 Å². The van der Waals surface area contributed by atoms with Crippen LogP contribution in [0.5, 0.6) is 0 Å². The highest BCUT2D eigenvalue weighted by molar-refractivity contribution is 6.36. The van der Waals surface area contributed by atoms with Crippen molar-refractivity contribution in [2.24, 2.45) is 0 Å². The zero-order chi connectivity index (χ0) is 13.8. The van der Waals surface area contributed by atoms with Gasteiger partial charge in [-0.3, -0.25) is 0 Å². The van der Waals surface area contributed by atoms with Crippen LogP contribution < -0.4 is 5.32 Å². The third-order valence-electron chi connectivity index (χ3n) is 2.52. The molecule has 0 aliphatic carbocycles. The highest BCUT2D eigenvalue weighted by Crippen LogP contribution is 2.35. The Hall–Kier alpha value is -0.450. The summed E-state index contributed by atoms with van der Waals surface area (Å²) in [6.07, 6.45) is -5.13. The molecule has 1 rings (SSSR count). The number of hydrogen-bond acceptors (Lipinski definition) is 1. The van der Waals surface area contributed by atoms with Crippen molar-refractivity contribution in [2.75, 3.05) is 6.54 Å². The molecule has 0 spiro atoms. The SMILES string of the molecule is CCNC(CCC(F)(F)F)c1c(Cl)cccc1Cl. The van der Waals surface area contributed by atoms with Gasteiger partial charge >= 0.3 is 6.18 Å². The van der Waals surface area contributed by atoms with Crippen LogP contribution in [0.15, 0.2) is 18.2 Å². The van der Waals surface area contributed by atoms with Gasteiger partial charge in [0.1, 0.15) is 0 Å². The van der Waals surface area contributed by atoms with E-state index in [0.717, 1.165) is 0 Å². The third-order valence-corrected chi connectivity index (χ3v) is 3.17. The normalized spacial score (nSPS) is 13.7. The second-order valence-corrected chi connectivity index (χ2v) is 4.71. The minimum Gasteiger partial charge on any atom is -0.310 e. The Morgan fingerprint density at radius 2 is 1.78 bits per heavy atom. The number of rotatable bonds is 5. The number of hydrogen-bond donors (Lipinski definition) is 1. The first kappa shape index (κ1) is 15.6. The molecule has 0 bridgehead atoms. The summed E-state index contributed by atoms with van der Waals surface area (Å²) in [7, 11) is 0. The lowest BCUT2D eigenvalue weighted by atomic mass is 10.0. The Morgan fingerprint density at radius 3 is 2.22 bits per heavy atom. The summed E-state index contributed by atoms with van der Waals surface area (Å²) in [4.78, 5) is 0. The maximum Gasteiger partial charge on any atom is 0.389 e. The third kappa shape index (κ3) is 4.67.